The van der Waals surface area contributed by atoms with Gasteiger partial charge >= 0.3 is 0 Å². The Balaban J connectivity index is 2.36. The zero-order valence-electron chi connectivity index (χ0n) is 9.25. The highest BCUT2D eigenvalue weighted by Crippen LogP contribution is 1.97. The first-order chi connectivity index (χ1) is 6.72. The van der Waals surface area contributed by atoms with Crippen LogP contribution >= 0.6 is 0 Å². The van der Waals surface area contributed by atoms with Crippen molar-refractivity contribution in [2.45, 2.75) is 33.7 Å². The van der Waals surface area contributed by atoms with Gasteiger partial charge in [-0.3, -0.25) is 0 Å². The van der Waals surface area contributed by atoms with E-state index in [1.165, 1.54) is 0 Å². The van der Waals surface area contributed by atoms with Crippen LogP contribution in [0.25, 0.3) is 0 Å². The zero-order chi connectivity index (χ0) is 10.4. The summed E-state index contributed by atoms with van der Waals surface area (Å²) in [5.41, 5.74) is 1.16. The van der Waals surface area contributed by atoms with E-state index in [9.17, 15) is 0 Å². The van der Waals surface area contributed by atoms with E-state index in [0.717, 1.165) is 30.9 Å². The first-order valence-electron chi connectivity index (χ1n) is 5.23. The Hall–Kier alpha value is -0.960. The maximum atomic E-state index is 4.24. The molecule has 3 nitrogen and oxygen atoms in total. The van der Waals surface area contributed by atoms with Gasteiger partial charge in [0.15, 0.2) is 0 Å². The van der Waals surface area contributed by atoms with Crippen LogP contribution in [0.15, 0.2) is 12.4 Å². The summed E-state index contributed by atoms with van der Waals surface area (Å²) in [6.07, 6.45) is 4.71. The summed E-state index contributed by atoms with van der Waals surface area (Å²) >= 11 is 0. The number of nitrogens with one attached hydrogen (secondary N) is 1. The lowest BCUT2D eigenvalue weighted by molar-refractivity contribution is 0.551. The van der Waals surface area contributed by atoms with Gasteiger partial charge in [-0.05, 0) is 12.5 Å². The highest BCUT2D eigenvalue weighted by molar-refractivity contribution is 5.04. The topological polar surface area (TPSA) is 37.8 Å². The standard InChI is InChI=1S/C11H19N3/c1-4-11-13-7-10(8-14-11)6-12-5-9(2)3/h7-9,12H,4-6H2,1-3H3. The molecule has 0 aromatic carbocycles. The summed E-state index contributed by atoms with van der Waals surface area (Å²) < 4.78 is 0. The molecule has 1 heterocycles. The molecule has 0 bridgehead atoms. The average molecular weight is 193 g/mol. The van der Waals surface area contributed by atoms with Crippen LogP contribution in [0.3, 0.4) is 0 Å². The predicted octanol–water partition coefficient (Wildman–Crippen LogP) is 1.78. The Kier molecular flexibility index (Phi) is 4.53. The third kappa shape index (κ3) is 3.83. The Morgan fingerprint density at radius 2 is 1.93 bits per heavy atom. The maximum Gasteiger partial charge on any atom is 0.127 e. The van der Waals surface area contributed by atoms with Crippen LogP contribution in [0.1, 0.15) is 32.2 Å². The summed E-state index contributed by atoms with van der Waals surface area (Å²) in [4.78, 5) is 8.49. The molecule has 0 radical (unpaired) electrons. The number of aryl methyl sites for hydroxylation is 1. The lowest BCUT2D eigenvalue weighted by Gasteiger charge is -2.06. The first kappa shape index (κ1) is 11.1. The quantitative estimate of drug-likeness (QED) is 0.774. The average Bonchev–Trinajstić information content (AvgIpc) is 2.18. The van der Waals surface area contributed by atoms with Crippen molar-refractivity contribution in [3.63, 3.8) is 0 Å². The number of rotatable bonds is 5. The van der Waals surface area contributed by atoms with E-state index in [2.05, 4.69) is 36.1 Å². The Labute approximate surface area is 86.0 Å². The molecule has 1 N–H and O–H groups in total. The second kappa shape index (κ2) is 5.70. The monoisotopic (exact) mass is 193 g/mol. The van der Waals surface area contributed by atoms with Gasteiger partial charge in [0.25, 0.3) is 0 Å². The largest absolute Gasteiger partial charge is 0.312 e. The summed E-state index contributed by atoms with van der Waals surface area (Å²) in [6, 6.07) is 0. The maximum absolute atomic E-state index is 4.24. The molecule has 3 heteroatoms. The van der Waals surface area contributed by atoms with Crippen molar-refractivity contribution in [3.05, 3.63) is 23.8 Å². The van der Waals surface area contributed by atoms with Crippen molar-refractivity contribution in [2.24, 2.45) is 5.92 Å². The molecule has 0 aliphatic heterocycles. The van der Waals surface area contributed by atoms with Crippen molar-refractivity contribution in [1.29, 1.82) is 0 Å². The molecule has 1 aromatic heterocycles. The summed E-state index contributed by atoms with van der Waals surface area (Å²) in [6.45, 7) is 8.36. The van der Waals surface area contributed by atoms with E-state index in [4.69, 9.17) is 0 Å². The third-order valence-electron chi connectivity index (χ3n) is 1.96. The second-order valence-corrected chi connectivity index (χ2v) is 3.89. The molecule has 0 saturated heterocycles. The van der Waals surface area contributed by atoms with Crippen LogP contribution in [0.2, 0.25) is 0 Å². The lowest BCUT2D eigenvalue weighted by atomic mass is 10.2. The highest BCUT2D eigenvalue weighted by atomic mass is 14.9. The number of aromatic nitrogens is 2. The van der Waals surface area contributed by atoms with E-state index < -0.39 is 0 Å². The van der Waals surface area contributed by atoms with Crippen LogP contribution in [0.4, 0.5) is 0 Å². The molecule has 0 aliphatic carbocycles. The Bertz CT molecular complexity index is 254. The van der Waals surface area contributed by atoms with E-state index in [1.807, 2.05) is 12.4 Å². The summed E-state index contributed by atoms with van der Waals surface area (Å²) in [5, 5.41) is 3.36. The van der Waals surface area contributed by atoms with Gasteiger partial charge in [-0.1, -0.05) is 20.8 Å². The molecule has 1 aromatic rings. The minimum Gasteiger partial charge on any atom is -0.312 e. The molecule has 0 amide bonds. The molecule has 14 heavy (non-hydrogen) atoms. The van der Waals surface area contributed by atoms with Gasteiger partial charge in [-0.15, -0.1) is 0 Å². The molecule has 0 unspecified atom stereocenters. The van der Waals surface area contributed by atoms with Gasteiger partial charge in [0, 0.05) is 30.9 Å². The van der Waals surface area contributed by atoms with Crippen molar-refractivity contribution < 1.29 is 0 Å². The molecule has 1 rings (SSSR count). The summed E-state index contributed by atoms with van der Waals surface area (Å²) in [7, 11) is 0. The first-order valence-corrected chi connectivity index (χ1v) is 5.23. The second-order valence-electron chi connectivity index (χ2n) is 3.89. The van der Waals surface area contributed by atoms with Crippen molar-refractivity contribution in [2.75, 3.05) is 6.54 Å². The summed E-state index contributed by atoms with van der Waals surface area (Å²) in [5.74, 6) is 1.60. The van der Waals surface area contributed by atoms with Crippen LogP contribution in [0, 0.1) is 5.92 Å². The number of hydrogen-bond acceptors (Lipinski definition) is 3. The Morgan fingerprint density at radius 3 is 2.43 bits per heavy atom. The fraction of sp³-hybridized carbons (Fsp3) is 0.636. The molecular weight excluding hydrogens is 174 g/mol. The van der Waals surface area contributed by atoms with E-state index in [1.54, 1.807) is 0 Å². The van der Waals surface area contributed by atoms with Crippen molar-refractivity contribution in [3.8, 4) is 0 Å². The van der Waals surface area contributed by atoms with Crippen LogP contribution in [0.5, 0.6) is 0 Å². The normalized spacial score (nSPS) is 10.9. The molecule has 78 valence electrons. The van der Waals surface area contributed by atoms with E-state index in [0.29, 0.717) is 5.92 Å². The van der Waals surface area contributed by atoms with Crippen molar-refractivity contribution in [1.82, 2.24) is 15.3 Å². The van der Waals surface area contributed by atoms with Gasteiger partial charge in [0.1, 0.15) is 5.82 Å². The molecular formula is C11H19N3. The minimum absolute atomic E-state index is 0.686. The Morgan fingerprint density at radius 1 is 1.29 bits per heavy atom. The predicted molar refractivity (Wildman–Crippen MR) is 58.0 cm³/mol. The van der Waals surface area contributed by atoms with Crippen LogP contribution in [-0.4, -0.2) is 16.5 Å². The fourth-order valence-corrected chi connectivity index (χ4v) is 1.16. The van der Waals surface area contributed by atoms with Gasteiger partial charge in [0.2, 0.25) is 0 Å². The number of nitrogens with zero attached hydrogens (tertiary/aromatic N) is 2. The van der Waals surface area contributed by atoms with E-state index >= 15 is 0 Å². The minimum atomic E-state index is 0.686. The van der Waals surface area contributed by atoms with Crippen LogP contribution in [-0.2, 0) is 13.0 Å². The van der Waals surface area contributed by atoms with Gasteiger partial charge < -0.3 is 5.32 Å². The zero-order valence-corrected chi connectivity index (χ0v) is 9.25. The van der Waals surface area contributed by atoms with Gasteiger partial charge in [0.05, 0.1) is 0 Å². The van der Waals surface area contributed by atoms with Gasteiger partial charge in [-0.2, -0.15) is 0 Å². The molecule has 0 saturated carbocycles. The van der Waals surface area contributed by atoms with Crippen molar-refractivity contribution >= 4 is 0 Å². The fourth-order valence-electron chi connectivity index (χ4n) is 1.16. The van der Waals surface area contributed by atoms with Gasteiger partial charge in [-0.25, -0.2) is 9.97 Å². The smallest absolute Gasteiger partial charge is 0.127 e. The van der Waals surface area contributed by atoms with E-state index in [-0.39, 0.29) is 0 Å². The SMILES string of the molecule is CCc1ncc(CNCC(C)C)cn1. The lowest BCUT2D eigenvalue weighted by Crippen LogP contribution is -2.19. The number of hydrogen-bond donors (Lipinski definition) is 1. The molecule has 0 aliphatic rings. The molecule has 0 spiro atoms. The third-order valence-corrected chi connectivity index (χ3v) is 1.96. The molecule has 0 atom stereocenters. The molecule has 0 fully saturated rings. The van der Waals surface area contributed by atoms with Crippen LogP contribution < -0.4 is 5.32 Å². The highest BCUT2D eigenvalue weighted by Gasteiger charge is 1.96.